The van der Waals surface area contributed by atoms with Crippen LogP contribution in [-0.4, -0.2) is 0 Å². The highest BCUT2D eigenvalue weighted by molar-refractivity contribution is 4.76. The Hall–Kier alpha value is -0.260. The number of hydrogen-bond donors (Lipinski definition) is 0. The van der Waals surface area contributed by atoms with Crippen molar-refractivity contribution in [3.8, 4) is 0 Å². The van der Waals surface area contributed by atoms with Gasteiger partial charge >= 0.3 is 0 Å². The molecule has 0 aliphatic heterocycles. The highest BCUT2D eigenvalue weighted by atomic mass is 14.0. The zero-order valence-corrected chi connectivity index (χ0v) is 15.6. The van der Waals surface area contributed by atoms with Crippen molar-refractivity contribution in [2.24, 2.45) is 0 Å². The first-order valence-corrected chi connectivity index (χ1v) is 10.3. The van der Waals surface area contributed by atoms with Crippen LogP contribution in [0, 0.1) is 6.92 Å². The molecule has 131 valence electrons. The molecule has 22 heavy (non-hydrogen) atoms. The summed E-state index contributed by atoms with van der Waals surface area (Å²) in [5.74, 6) is 0. The van der Waals surface area contributed by atoms with Crippen LogP contribution in [0.25, 0.3) is 0 Å². The molecular weight excluding hydrogens is 264 g/mol. The Balaban J connectivity index is 2.94. The fraction of sp³-hybridized carbons (Fsp3) is 0.864. The second-order valence-corrected chi connectivity index (χ2v) is 6.87. The highest BCUT2D eigenvalue weighted by Crippen LogP contribution is 2.14. The molecule has 0 atom stereocenters. The van der Waals surface area contributed by atoms with Crippen molar-refractivity contribution in [3.05, 3.63) is 19.1 Å². The molecule has 0 nitrogen and oxygen atoms in total. The molecule has 1 radical (unpaired) electrons. The lowest BCUT2D eigenvalue weighted by Gasteiger charge is -2.03. The SMILES string of the molecule is [CH2]CCCCCCCCCCCCCCCCCC/C=C/C. The summed E-state index contributed by atoms with van der Waals surface area (Å²) in [7, 11) is 0. The van der Waals surface area contributed by atoms with Gasteiger partial charge in [-0.15, -0.1) is 0 Å². The Labute approximate surface area is 142 Å². The monoisotopic (exact) mass is 307 g/mol. The van der Waals surface area contributed by atoms with Crippen LogP contribution in [-0.2, 0) is 0 Å². The fourth-order valence-electron chi connectivity index (χ4n) is 3.08. The van der Waals surface area contributed by atoms with Gasteiger partial charge in [0.2, 0.25) is 0 Å². The molecule has 0 spiro atoms. The number of unbranched alkanes of at least 4 members (excludes halogenated alkanes) is 17. The summed E-state index contributed by atoms with van der Waals surface area (Å²) in [5, 5.41) is 0. The molecule has 0 unspecified atom stereocenters. The van der Waals surface area contributed by atoms with Crippen LogP contribution >= 0.6 is 0 Å². The molecule has 0 saturated heterocycles. The van der Waals surface area contributed by atoms with Gasteiger partial charge < -0.3 is 0 Å². The Morgan fingerprint density at radius 1 is 0.500 bits per heavy atom. The van der Waals surface area contributed by atoms with E-state index in [0.29, 0.717) is 0 Å². The Morgan fingerprint density at radius 2 is 0.818 bits per heavy atom. The summed E-state index contributed by atoms with van der Waals surface area (Å²) < 4.78 is 0. The molecule has 0 amide bonds. The zero-order chi connectivity index (χ0) is 16.1. The Bertz CT molecular complexity index is 204. The second kappa shape index (κ2) is 20.7. The average molecular weight is 308 g/mol. The third kappa shape index (κ3) is 19.7. The van der Waals surface area contributed by atoms with Gasteiger partial charge in [-0.3, -0.25) is 0 Å². The van der Waals surface area contributed by atoms with Crippen LogP contribution < -0.4 is 0 Å². The third-order valence-electron chi connectivity index (χ3n) is 4.61. The largest absolute Gasteiger partial charge is 0.0917 e. The van der Waals surface area contributed by atoms with Crippen molar-refractivity contribution >= 4 is 0 Å². The minimum Gasteiger partial charge on any atom is -0.0917 e. The van der Waals surface area contributed by atoms with Gasteiger partial charge in [-0.1, -0.05) is 122 Å². The maximum Gasteiger partial charge on any atom is -0.0351 e. The van der Waals surface area contributed by atoms with E-state index in [4.69, 9.17) is 0 Å². The quantitative estimate of drug-likeness (QED) is 0.176. The zero-order valence-electron chi connectivity index (χ0n) is 15.6. The van der Waals surface area contributed by atoms with Gasteiger partial charge in [0.25, 0.3) is 0 Å². The Kier molecular flexibility index (Phi) is 20.5. The second-order valence-electron chi connectivity index (χ2n) is 6.87. The summed E-state index contributed by atoms with van der Waals surface area (Å²) in [6.45, 7) is 6.01. The smallest absolute Gasteiger partial charge is 0.0351 e. The van der Waals surface area contributed by atoms with E-state index in [0.717, 1.165) is 6.42 Å². The van der Waals surface area contributed by atoms with Gasteiger partial charge in [-0.05, 0) is 19.8 Å². The van der Waals surface area contributed by atoms with Gasteiger partial charge in [0, 0.05) is 0 Å². The predicted octanol–water partition coefficient (Wildman–Crippen LogP) is 8.42. The number of rotatable bonds is 18. The van der Waals surface area contributed by atoms with Gasteiger partial charge in [0.15, 0.2) is 0 Å². The van der Waals surface area contributed by atoms with Crippen LogP contribution in [0.1, 0.15) is 122 Å². The summed E-state index contributed by atoms with van der Waals surface area (Å²) >= 11 is 0. The van der Waals surface area contributed by atoms with Crippen LogP contribution in [0.4, 0.5) is 0 Å². The third-order valence-corrected chi connectivity index (χ3v) is 4.61. The molecule has 0 bridgehead atoms. The minimum atomic E-state index is 1.12. The molecule has 0 heteroatoms. The molecule has 0 aromatic carbocycles. The van der Waals surface area contributed by atoms with Gasteiger partial charge in [0.1, 0.15) is 0 Å². The van der Waals surface area contributed by atoms with Crippen molar-refractivity contribution < 1.29 is 0 Å². The normalized spacial score (nSPS) is 11.5. The maximum atomic E-state index is 3.90. The van der Waals surface area contributed by atoms with E-state index in [1.165, 1.54) is 109 Å². The van der Waals surface area contributed by atoms with E-state index in [-0.39, 0.29) is 0 Å². The topological polar surface area (TPSA) is 0 Å². The number of hydrogen-bond acceptors (Lipinski definition) is 0. The first kappa shape index (κ1) is 21.7. The molecule has 0 heterocycles. The van der Waals surface area contributed by atoms with Crippen molar-refractivity contribution in [3.63, 3.8) is 0 Å². The van der Waals surface area contributed by atoms with Crippen LogP contribution in [0.5, 0.6) is 0 Å². The van der Waals surface area contributed by atoms with Crippen molar-refractivity contribution in [2.75, 3.05) is 0 Å². The summed E-state index contributed by atoms with van der Waals surface area (Å²) in [4.78, 5) is 0. The lowest BCUT2D eigenvalue weighted by molar-refractivity contribution is 0.528. The Morgan fingerprint density at radius 3 is 1.14 bits per heavy atom. The predicted molar refractivity (Wildman–Crippen MR) is 103 cm³/mol. The van der Waals surface area contributed by atoms with Gasteiger partial charge in [-0.25, -0.2) is 0 Å². The van der Waals surface area contributed by atoms with E-state index < -0.39 is 0 Å². The summed E-state index contributed by atoms with van der Waals surface area (Å²) in [6, 6.07) is 0. The highest BCUT2D eigenvalue weighted by Gasteiger charge is 1.94. The van der Waals surface area contributed by atoms with Crippen LogP contribution in [0.15, 0.2) is 12.2 Å². The molecule has 0 aromatic heterocycles. The molecular formula is C22H43. The van der Waals surface area contributed by atoms with Crippen LogP contribution in [0.3, 0.4) is 0 Å². The molecule has 0 aliphatic carbocycles. The standard InChI is InChI=1S/C22H43/c1-3-5-7-9-11-13-15-17-19-21-22-20-18-16-14-12-10-8-6-4-2/h4,6H,1,3,5,7-22H2,2H3/b6-4+. The number of allylic oxidation sites excluding steroid dienone is 2. The molecule has 0 aliphatic rings. The summed E-state index contributed by atoms with van der Waals surface area (Å²) in [6.07, 6.45) is 30.0. The maximum absolute atomic E-state index is 3.90. The lowest BCUT2D eigenvalue weighted by Crippen LogP contribution is -1.83. The minimum absolute atomic E-state index is 1.12. The van der Waals surface area contributed by atoms with Crippen molar-refractivity contribution in [1.82, 2.24) is 0 Å². The van der Waals surface area contributed by atoms with Gasteiger partial charge in [-0.2, -0.15) is 0 Å². The lowest BCUT2D eigenvalue weighted by atomic mass is 10.0. The molecule has 0 saturated carbocycles. The van der Waals surface area contributed by atoms with E-state index >= 15 is 0 Å². The van der Waals surface area contributed by atoms with E-state index in [9.17, 15) is 0 Å². The fourth-order valence-corrected chi connectivity index (χ4v) is 3.08. The van der Waals surface area contributed by atoms with Crippen LogP contribution in [0.2, 0.25) is 0 Å². The summed E-state index contributed by atoms with van der Waals surface area (Å²) in [5.41, 5.74) is 0. The molecule has 0 fully saturated rings. The van der Waals surface area contributed by atoms with E-state index in [1.807, 2.05) is 0 Å². The first-order valence-electron chi connectivity index (χ1n) is 10.3. The average Bonchev–Trinajstić information content (AvgIpc) is 2.54. The molecule has 0 aromatic rings. The van der Waals surface area contributed by atoms with E-state index in [2.05, 4.69) is 26.0 Å². The first-order chi connectivity index (χ1) is 10.9. The van der Waals surface area contributed by atoms with E-state index in [1.54, 1.807) is 0 Å². The van der Waals surface area contributed by atoms with Crippen molar-refractivity contribution in [2.45, 2.75) is 122 Å². The molecule has 0 N–H and O–H groups in total. The van der Waals surface area contributed by atoms with Crippen molar-refractivity contribution in [1.29, 1.82) is 0 Å². The molecule has 0 rings (SSSR count). The van der Waals surface area contributed by atoms with Gasteiger partial charge in [0.05, 0.1) is 0 Å².